The maximum Gasteiger partial charge on any atom is 0.115 e. The van der Waals surface area contributed by atoms with E-state index < -0.39 is 0 Å². The maximum atomic E-state index is 8.98. The van der Waals surface area contributed by atoms with Crippen LogP contribution >= 0.6 is 0 Å². The van der Waals surface area contributed by atoms with E-state index in [1.165, 1.54) is 16.8 Å². The molecule has 0 saturated heterocycles. The van der Waals surface area contributed by atoms with E-state index in [4.69, 9.17) is 5.26 Å². The summed E-state index contributed by atoms with van der Waals surface area (Å²) in [6.07, 6.45) is 3.64. The summed E-state index contributed by atoms with van der Waals surface area (Å²) in [5.41, 5.74) is 5.53. The van der Waals surface area contributed by atoms with Crippen molar-refractivity contribution >= 4 is 0 Å². The predicted molar refractivity (Wildman–Crippen MR) is 80.6 cm³/mol. The van der Waals surface area contributed by atoms with Gasteiger partial charge in [-0.05, 0) is 36.6 Å². The van der Waals surface area contributed by atoms with Crippen LogP contribution in [-0.2, 0) is 19.4 Å². The van der Waals surface area contributed by atoms with Crippen LogP contribution in [0.1, 0.15) is 28.1 Å². The third-order valence-electron chi connectivity index (χ3n) is 4.06. The quantitative estimate of drug-likeness (QED) is 0.845. The Morgan fingerprint density at radius 1 is 1.24 bits per heavy atom. The summed E-state index contributed by atoms with van der Waals surface area (Å²) in [6, 6.07) is 10.1. The Morgan fingerprint density at radius 2 is 2.10 bits per heavy atom. The number of fused-ring (bicyclic) bond motifs is 1. The Labute approximate surface area is 125 Å². The van der Waals surface area contributed by atoms with Crippen LogP contribution in [-0.4, -0.2) is 28.0 Å². The number of hydrogen-bond donors (Lipinski definition) is 0. The van der Waals surface area contributed by atoms with Crippen LogP contribution in [0.2, 0.25) is 0 Å². The lowest BCUT2D eigenvalue weighted by Gasteiger charge is -2.19. The van der Waals surface area contributed by atoms with Crippen LogP contribution in [0.4, 0.5) is 0 Å². The van der Waals surface area contributed by atoms with Crippen molar-refractivity contribution in [2.24, 2.45) is 0 Å². The largest absolute Gasteiger partial charge is 0.298 e. The van der Waals surface area contributed by atoms with Crippen LogP contribution < -0.4 is 0 Å². The standard InChI is InChI=1S/C17H18N4/c1-13-16-5-7-21(8-6-17(16)20-12-19-13)11-15-4-2-3-14(9-15)10-18/h2-4,9,12H,5-8,11H2,1H3. The number of hydrogen-bond acceptors (Lipinski definition) is 4. The second-order valence-corrected chi connectivity index (χ2v) is 5.47. The molecular formula is C17H18N4. The second kappa shape index (κ2) is 6.02. The van der Waals surface area contributed by atoms with Gasteiger partial charge in [0.2, 0.25) is 0 Å². The van der Waals surface area contributed by atoms with Crippen molar-refractivity contribution in [3.05, 3.63) is 58.7 Å². The molecule has 1 aromatic heterocycles. The molecule has 0 bridgehead atoms. The molecule has 0 spiro atoms. The van der Waals surface area contributed by atoms with Gasteiger partial charge in [0.15, 0.2) is 0 Å². The van der Waals surface area contributed by atoms with Gasteiger partial charge in [0, 0.05) is 37.4 Å². The molecule has 106 valence electrons. The van der Waals surface area contributed by atoms with Crippen molar-refractivity contribution < 1.29 is 0 Å². The lowest BCUT2D eigenvalue weighted by molar-refractivity contribution is 0.279. The molecule has 0 radical (unpaired) electrons. The van der Waals surface area contributed by atoms with Crippen molar-refractivity contribution in [3.63, 3.8) is 0 Å². The van der Waals surface area contributed by atoms with Gasteiger partial charge in [-0.25, -0.2) is 9.97 Å². The van der Waals surface area contributed by atoms with E-state index in [-0.39, 0.29) is 0 Å². The van der Waals surface area contributed by atoms with Gasteiger partial charge >= 0.3 is 0 Å². The molecule has 21 heavy (non-hydrogen) atoms. The number of nitriles is 1. The van der Waals surface area contributed by atoms with Gasteiger partial charge in [-0.3, -0.25) is 4.90 Å². The molecule has 4 nitrogen and oxygen atoms in total. The molecule has 3 rings (SSSR count). The SMILES string of the molecule is Cc1ncnc2c1CCN(Cc1cccc(C#N)c1)CC2. The summed E-state index contributed by atoms with van der Waals surface area (Å²) in [4.78, 5) is 11.2. The fraction of sp³-hybridized carbons (Fsp3) is 0.353. The third-order valence-corrected chi connectivity index (χ3v) is 4.06. The van der Waals surface area contributed by atoms with Gasteiger partial charge in [-0.15, -0.1) is 0 Å². The fourth-order valence-electron chi connectivity index (χ4n) is 2.89. The molecule has 4 heteroatoms. The summed E-state index contributed by atoms with van der Waals surface area (Å²) in [5.74, 6) is 0. The van der Waals surface area contributed by atoms with E-state index in [1.54, 1.807) is 6.33 Å². The second-order valence-electron chi connectivity index (χ2n) is 5.47. The molecule has 0 atom stereocenters. The Balaban J connectivity index is 1.72. The van der Waals surface area contributed by atoms with Gasteiger partial charge in [-0.1, -0.05) is 12.1 Å². The number of aryl methyl sites for hydroxylation is 1. The molecule has 2 heterocycles. The minimum Gasteiger partial charge on any atom is -0.298 e. The molecule has 1 aromatic carbocycles. The maximum absolute atomic E-state index is 8.98. The zero-order valence-corrected chi connectivity index (χ0v) is 12.2. The monoisotopic (exact) mass is 278 g/mol. The minimum atomic E-state index is 0.729. The van der Waals surface area contributed by atoms with Gasteiger partial charge in [-0.2, -0.15) is 5.26 Å². The lowest BCUT2D eigenvalue weighted by Crippen LogP contribution is -2.26. The van der Waals surface area contributed by atoms with Crippen molar-refractivity contribution in [1.29, 1.82) is 5.26 Å². The summed E-state index contributed by atoms with van der Waals surface area (Å²) >= 11 is 0. The molecule has 2 aromatic rings. The molecule has 0 N–H and O–H groups in total. The fourth-order valence-corrected chi connectivity index (χ4v) is 2.89. The molecule has 0 fully saturated rings. The summed E-state index contributed by atoms with van der Waals surface area (Å²) in [7, 11) is 0. The highest BCUT2D eigenvalue weighted by Crippen LogP contribution is 2.17. The zero-order chi connectivity index (χ0) is 14.7. The number of rotatable bonds is 2. The zero-order valence-electron chi connectivity index (χ0n) is 12.2. The molecule has 1 aliphatic rings. The van der Waals surface area contributed by atoms with E-state index in [9.17, 15) is 0 Å². The topological polar surface area (TPSA) is 52.8 Å². The van der Waals surface area contributed by atoms with Crippen molar-refractivity contribution in [2.75, 3.05) is 13.1 Å². The first kappa shape index (κ1) is 13.7. The smallest absolute Gasteiger partial charge is 0.115 e. The van der Waals surface area contributed by atoms with Gasteiger partial charge in [0.25, 0.3) is 0 Å². The van der Waals surface area contributed by atoms with E-state index in [1.807, 2.05) is 18.2 Å². The van der Waals surface area contributed by atoms with E-state index >= 15 is 0 Å². The first-order valence-electron chi connectivity index (χ1n) is 7.27. The predicted octanol–water partition coefficient (Wildman–Crippen LogP) is 2.26. The summed E-state index contributed by atoms with van der Waals surface area (Å²) < 4.78 is 0. The highest BCUT2D eigenvalue weighted by molar-refractivity contribution is 5.33. The van der Waals surface area contributed by atoms with Crippen LogP contribution in [0, 0.1) is 18.3 Å². The highest BCUT2D eigenvalue weighted by atomic mass is 15.1. The van der Waals surface area contributed by atoms with Crippen molar-refractivity contribution in [3.8, 4) is 6.07 Å². The first-order chi connectivity index (χ1) is 10.3. The molecular weight excluding hydrogens is 260 g/mol. The third kappa shape index (κ3) is 3.09. The minimum absolute atomic E-state index is 0.729. The number of benzene rings is 1. The van der Waals surface area contributed by atoms with E-state index in [2.05, 4.69) is 33.9 Å². The molecule has 1 aliphatic heterocycles. The Kier molecular flexibility index (Phi) is 3.94. The Hall–Kier alpha value is -2.25. The normalized spacial score (nSPS) is 15.0. The van der Waals surface area contributed by atoms with E-state index in [0.29, 0.717) is 0 Å². The van der Waals surface area contributed by atoms with Crippen LogP contribution in [0.25, 0.3) is 0 Å². The number of nitrogens with zero attached hydrogens (tertiary/aromatic N) is 4. The van der Waals surface area contributed by atoms with Crippen LogP contribution in [0.15, 0.2) is 30.6 Å². The highest BCUT2D eigenvalue weighted by Gasteiger charge is 2.17. The Morgan fingerprint density at radius 3 is 2.95 bits per heavy atom. The van der Waals surface area contributed by atoms with Crippen LogP contribution in [0.5, 0.6) is 0 Å². The van der Waals surface area contributed by atoms with Crippen molar-refractivity contribution in [1.82, 2.24) is 14.9 Å². The van der Waals surface area contributed by atoms with Gasteiger partial charge in [0.1, 0.15) is 6.33 Å². The average Bonchev–Trinajstić information content (AvgIpc) is 2.71. The van der Waals surface area contributed by atoms with Crippen molar-refractivity contribution in [2.45, 2.75) is 26.3 Å². The average molecular weight is 278 g/mol. The molecule has 0 amide bonds. The van der Waals surface area contributed by atoms with Gasteiger partial charge in [0.05, 0.1) is 11.6 Å². The Bertz CT molecular complexity index is 687. The summed E-state index contributed by atoms with van der Waals surface area (Å²) in [5, 5.41) is 8.98. The van der Waals surface area contributed by atoms with E-state index in [0.717, 1.165) is 43.7 Å². The molecule has 0 saturated carbocycles. The number of aromatic nitrogens is 2. The van der Waals surface area contributed by atoms with Gasteiger partial charge < -0.3 is 0 Å². The lowest BCUT2D eigenvalue weighted by atomic mass is 10.1. The van der Waals surface area contributed by atoms with Crippen LogP contribution in [0.3, 0.4) is 0 Å². The molecule has 0 unspecified atom stereocenters. The summed E-state index contributed by atoms with van der Waals surface area (Å²) in [6.45, 7) is 4.96. The molecule has 0 aliphatic carbocycles. The first-order valence-corrected chi connectivity index (χ1v) is 7.27.